The van der Waals surface area contributed by atoms with Gasteiger partial charge in [0.1, 0.15) is 5.82 Å². The fraction of sp³-hybridized carbons (Fsp3) is 0.400. The maximum atomic E-state index is 11.9. The van der Waals surface area contributed by atoms with Gasteiger partial charge in [0, 0.05) is 6.20 Å². The van der Waals surface area contributed by atoms with Gasteiger partial charge in [-0.15, -0.1) is 0 Å². The van der Waals surface area contributed by atoms with Gasteiger partial charge in [-0.25, -0.2) is 4.98 Å². The molecule has 2 atom stereocenters. The second-order valence-electron chi connectivity index (χ2n) is 4.95. The van der Waals surface area contributed by atoms with Gasteiger partial charge in [-0.1, -0.05) is 23.8 Å². The van der Waals surface area contributed by atoms with Crippen LogP contribution in [0.25, 0.3) is 0 Å². The highest BCUT2D eigenvalue weighted by atomic mass is 35.5. The highest BCUT2D eigenvalue weighted by molar-refractivity contribution is 6.30. The highest BCUT2D eigenvalue weighted by Crippen LogP contribution is 2.21. The van der Waals surface area contributed by atoms with Gasteiger partial charge in [0.25, 0.3) is 5.91 Å². The van der Waals surface area contributed by atoms with Gasteiger partial charge in [0.05, 0.1) is 11.4 Å². The number of pyridine rings is 1. The summed E-state index contributed by atoms with van der Waals surface area (Å²) in [5.74, 6) is -0.185. The smallest absolute Gasteiger partial charge is 0.307 e. The van der Waals surface area contributed by atoms with Crippen LogP contribution >= 0.6 is 11.6 Å². The molecule has 21 heavy (non-hydrogen) atoms. The van der Waals surface area contributed by atoms with Crippen LogP contribution in [0, 0.1) is 5.92 Å². The zero-order valence-electron chi connectivity index (χ0n) is 11.7. The van der Waals surface area contributed by atoms with Crippen molar-refractivity contribution in [1.29, 1.82) is 0 Å². The van der Waals surface area contributed by atoms with Gasteiger partial charge >= 0.3 is 5.97 Å². The van der Waals surface area contributed by atoms with Gasteiger partial charge in [0.15, 0.2) is 6.10 Å². The van der Waals surface area contributed by atoms with Crippen molar-refractivity contribution in [3.8, 4) is 0 Å². The molecule has 112 valence electrons. The maximum absolute atomic E-state index is 11.9. The first kappa shape index (κ1) is 15.5. The minimum Gasteiger partial charge on any atom is -0.453 e. The molecular weight excluding hydrogens is 292 g/mol. The molecule has 0 aliphatic heterocycles. The highest BCUT2D eigenvalue weighted by Gasteiger charge is 2.21. The largest absolute Gasteiger partial charge is 0.453 e. The number of nitrogens with one attached hydrogen (secondary N) is 1. The van der Waals surface area contributed by atoms with Crippen molar-refractivity contribution in [1.82, 2.24) is 4.98 Å². The van der Waals surface area contributed by atoms with E-state index >= 15 is 0 Å². The Morgan fingerprint density at radius 2 is 2.33 bits per heavy atom. The lowest BCUT2D eigenvalue weighted by molar-refractivity contribution is -0.153. The van der Waals surface area contributed by atoms with Crippen molar-refractivity contribution < 1.29 is 14.3 Å². The summed E-state index contributed by atoms with van der Waals surface area (Å²) < 4.78 is 5.13. The lowest BCUT2D eigenvalue weighted by Gasteiger charge is -2.14. The normalized spacial score (nSPS) is 18.3. The molecule has 1 aromatic rings. The third kappa shape index (κ3) is 4.86. The van der Waals surface area contributed by atoms with Gasteiger partial charge < -0.3 is 10.1 Å². The van der Waals surface area contributed by atoms with Crippen molar-refractivity contribution in [2.24, 2.45) is 5.92 Å². The predicted octanol–water partition coefficient (Wildman–Crippen LogP) is 2.96. The molecule has 0 saturated carbocycles. The van der Waals surface area contributed by atoms with Crippen molar-refractivity contribution in [3.05, 3.63) is 35.5 Å². The number of carbonyl (C=O) groups excluding carboxylic acids is 2. The van der Waals surface area contributed by atoms with E-state index in [4.69, 9.17) is 16.3 Å². The Hall–Kier alpha value is -1.88. The van der Waals surface area contributed by atoms with E-state index in [0.717, 1.165) is 12.8 Å². The number of hydrogen-bond donors (Lipinski definition) is 1. The van der Waals surface area contributed by atoms with E-state index in [9.17, 15) is 9.59 Å². The number of esters is 1. The van der Waals surface area contributed by atoms with Crippen LogP contribution in [0.1, 0.15) is 26.2 Å². The summed E-state index contributed by atoms with van der Waals surface area (Å²) in [6.45, 7) is 1.54. The summed E-state index contributed by atoms with van der Waals surface area (Å²) in [7, 11) is 0. The Labute approximate surface area is 128 Å². The molecule has 1 N–H and O–H groups in total. The van der Waals surface area contributed by atoms with Gasteiger partial charge in [-0.3, -0.25) is 9.59 Å². The molecule has 0 aromatic carbocycles. The fourth-order valence-corrected chi connectivity index (χ4v) is 2.17. The Bertz CT molecular complexity index is 542. The van der Waals surface area contributed by atoms with Crippen molar-refractivity contribution in [2.75, 3.05) is 5.32 Å². The molecule has 0 saturated heterocycles. The summed E-state index contributed by atoms with van der Waals surface area (Å²) in [4.78, 5) is 27.6. The van der Waals surface area contributed by atoms with E-state index in [1.807, 2.05) is 6.08 Å². The Balaban J connectivity index is 1.80. The average Bonchev–Trinajstić information content (AvgIpc) is 2.94. The van der Waals surface area contributed by atoms with Gasteiger partial charge in [-0.05, 0) is 37.8 Å². The Kier molecular flexibility index (Phi) is 5.33. The number of carbonyl (C=O) groups is 2. The summed E-state index contributed by atoms with van der Waals surface area (Å²) >= 11 is 5.71. The monoisotopic (exact) mass is 308 g/mol. The molecule has 0 unspecified atom stereocenters. The van der Waals surface area contributed by atoms with Crippen LogP contribution < -0.4 is 5.32 Å². The molecular formula is C15H17ClN2O3. The first-order chi connectivity index (χ1) is 10.0. The van der Waals surface area contributed by atoms with E-state index < -0.39 is 12.0 Å². The Morgan fingerprint density at radius 3 is 2.95 bits per heavy atom. The molecule has 6 heteroatoms. The van der Waals surface area contributed by atoms with E-state index in [-0.39, 0.29) is 11.9 Å². The second kappa shape index (κ2) is 7.22. The SMILES string of the molecule is C[C@H](OC(=O)C[C@H]1C=CCC1)C(=O)Nc1ccc(Cl)cn1. The van der Waals surface area contributed by atoms with Crippen molar-refractivity contribution in [3.63, 3.8) is 0 Å². The maximum Gasteiger partial charge on any atom is 0.307 e. The van der Waals surface area contributed by atoms with Gasteiger partial charge in [0.2, 0.25) is 0 Å². The molecule has 5 nitrogen and oxygen atoms in total. The standard InChI is InChI=1S/C15H17ClN2O3/c1-10(21-14(19)8-11-4-2-3-5-11)15(20)18-13-7-6-12(16)9-17-13/h2,4,6-7,9-11H,3,5,8H2,1H3,(H,17,18,20)/t10-,11-/m0/s1. The average molecular weight is 309 g/mol. The topological polar surface area (TPSA) is 68.3 Å². The summed E-state index contributed by atoms with van der Waals surface area (Å²) in [6.07, 6.45) is 6.92. The number of allylic oxidation sites excluding steroid dienone is 2. The molecule has 0 bridgehead atoms. The third-order valence-corrected chi connectivity index (χ3v) is 3.42. The van der Waals surface area contributed by atoms with E-state index in [0.29, 0.717) is 17.3 Å². The first-order valence-electron chi connectivity index (χ1n) is 6.83. The minimum absolute atomic E-state index is 0.227. The molecule has 1 aliphatic rings. The molecule has 1 aromatic heterocycles. The molecule has 2 rings (SSSR count). The van der Waals surface area contributed by atoms with Crippen LogP contribution in [0.2, 0.25) is 5.02 Å². The molecule has 1 aliphatic carbocycles. The van der Waals surface area contributed by atoms with Crippen LogP contribution in [-0.4, -0.2) is 23.0 Å². The molecule has 1 amide bonds. The Morgan fingerprint density at radius 1 is 1.52 bits per heavy atom. The van der Waals surface area contributed by atoms with Crippen LogP contribution in [-0.2, 0) is 14.3 Å². The van der Waals surface area contributed by atoms with Crippen molar-refractivity contribution in [2.45, 2.75) is 32.3 Å². The van der Waals surface area contributed by atoms with Crippen LogP contribution in [0.5, 0.6) is 0 Å². The first-order valence-corrected chi connectivity index (χ1v) is 7.21. The lowest BCUT2D eigenvalue weighted by Crippen LogP contribution is -2.30. The van der Waals surface area contributed by atoms with E-state index in [1.54, 1.807) is 12.1 Å². The van der Waals surface area contributed by atoms with Gasteiger partial charge in [-0.2, -0.15) is 0 Å². The molecule has 0 fully saturated rings. The summed E-state index contributed by atoms with van der Waals surface area (Å²) in [5.41, 5.74) is 0. The molecule has 1 heterocycles. The lowest BCUT2D eigenvalue weighted by atomic mass is 10.1. The second-order valence-corrected chi connectivity index (χ2v) is 5.39. The number of anilines is 1. The quantitative estimate of drug-likeness (QED) is 0.671. The zero-order valence-corrected chi connectivity index (χ0v) is 12.5. The van der Waals surface area contributed by atoms with Crippen LogP contribution in [0.3, 0.4) is 0 Å². The summed E-state index contributed by atoms with van der Waals surface area (Å²) in [5, 5.41) is 3.05. The van der Waals surface area contributed by atoms with Crippen molar-refractivity contribution >= 4 is 29.3 Å². The number of aromatic nitrogens is 1. The van der Waals surface area contributed by atoms with Crippen LogP contribution in [0.15, 0.2) is 30.5 Å². The number of amides is 1. The number of nitrogens with zero attached hydrogens (tertiary/aromatic N) is 1. The summed E-state index contributed by atoms with van der Waals surface area (Å²) in [6, 6.07) is 3.20. The minimum atomic E-state index is -0.861. The number of rotatable bonds is 5. The van der Waals surface area contributed by atoms with E-state index in [1.165, 1.54) is 13.1 Å². The third-order valence-electron chi connectivity index (χ3n) is 3.20. The number of halogens is 1. The van der Waals surface area contributed by atoms with E-state index in [2.05, 4.69) is 16.4 Å². The molecule has 0 radical (unpaired) electrons. The predicted molar refractivity (Wildman–Crippen MR) is 79.9 cm³/mol. The fourth-order valence-electron chi connectivity index (χ4n) is 2.06. The van der Waals surface area contributed by atoms with Crippen LogP contribution in [0.4, 0.5) is 5.82 Å². The number of hydrogen-bond acceptors (Lipinski definition) is 4. The number of ether oxygens (including phenoxy) is 1. The zero-order chi connectivity index (χ0) is 15.2. The molecule has 0 spiro atoms.